The van der Waals surface area contributed by atoms with E-state index in [4.69, 9.17) is 5.26 Å². The van der Waals surface area contributed by atoms with E-state index >= 15 is 0 Å². The number of nitriles is 1. The molecule has 2 aromatic rings. The van der Waals surface area contributed by atoms with Crippen molar-refractivity contribution in [2.75, 3.05) is 4.72 Å². The van der Waals surface area contributed by atoms with Crippen LogP contribution in [0.15, 0.2) is 35.5 Å². The Morgan fingerprint density at radius 2 is 2.19 bits per heavy atom. The lowest BCUT2D eigenvalue weighted by Crippen LogP contribution is -2.13. The number of anilines is 1. The van der Waals surface area contributed by atoms with Crippen molar-refractivity contribution in [3.8, 4) is 6.07 Å². The second-order valence-corrected chi connectivity index (χ2v) is 6.25. The first-order chi connectivity index (χ1) is 9.96. The van der Waals surface area contributed by atoms with Crippen molar-refractivity contribution in [1.82, 2.24) is 9.55 Å². The van der Waals surface area contributed by atoms with Crippen LogP contribution in [0, 0.1) is 18.3 Å². The zero-order valence-corrected chi connectivity index (χ0v) is 12.7. The van der Waals surface area contributed by atoms with Crippen LogP contribution in [-0.4, -0.2) is 18.0 Å². The average Bonchev–Trinajstić information content (AvgIpc) is 2.81. The van der Waals surface area contributed by atoms with Crippen LogP contribution in [-0.2, 0) is 16.6 Å². The van der Waals surface area contributed by atoms with E-state index < -0.39 is 10.0 Å². The summed E-state index contributed by atoms with van der Waals surface area (Å²) in [5.41, 5.74) is 0.736. The van der Waals surface area contributed by atoms with Gasteiger partial charge in [-0.1, -0.05) is 13.0 Å². The number of benzene rings is 1. The molecule has 0 aliphatic rings. The molecule has 1 heterocycles. The number of hydrogen-bond donors (Lipinski definition) is 1. The smallest absolute Gasteiger partial charge is 0.280 e. The second kappa shape index (κ2) is 5.97. The molecule has 0 radical (unpaired) electrons. The third-order valence-corrected chi connectivity index (χ3v) is 4.19. The van der Waals surface area contributed by atoms with E-state index in [1.807, 2.05) is 13.0 Å². The zero-order valence-electron chi connectivity index (χ0n) is 11.9. The molecule has 0 amide bonds. The molecule has 6 nitrogen and oxygen atoms in total. The Morgan fingerprint density at radius 1 is 1.43 bits per heavy atom. The quantitative estimate of drug-likeness (QED) is 0.917. The van der Waals surface area contributed by atoms with Gasteiger partial charge in [-0.2, -0.15) is 13.7 Å². The SMILES string of the molecule is CCCn1cc(S(=O)(=O)Nc2cccc(C#N)c2)nc1C. The van der Waals surface area contributed by atoms with Gasteiger partial charge in [-0.05, 0) is 31.5 Å². The van der Waals surface area contributed by atoms with E-state index in [9.17, 15) is 8.42 Å². The summed E-state index contributed by atoms with van der Waals surface area (Å²) >= 11 is 0. The van der Waals surface area contributed by atoms with Crippen LogP contribution in [0.25, 0.3) is 0 Å². The van der Waals surface area contributed by atoms with Crippen LogP contribution in [0.1, 0.15) is 24.7 Å². The molecule has 21 heavy (non-hydrogen) atoms. The van der Waals surface area contributed by atoms with Gasteiger partial charge < -0.3 is 4.57 Å². The number of rotatable bonds is 5. The van der Waals surface area contributed by atoms with Crippen molar-refractivity contribution < 1.29 is 8.42 Å². The first-order valence-electron chi connectivity index (χ1n) is 6.53. The summed E-state index contributed by atoms with van der Waals surface area (Å²) in [4.78, 5) is 4.09. The van der Waals surface area contributed by atoms with Crippen LogP contribution in [0.4, 0.5) is 5.69 Å². The summed E-state index contributed by atoms with van der Waals surface area (Å²) in [5.74, 6) is 0.656. The third kappa shape index (κ3) is 3.41. The van der Waals surface area contributed by atoms with E-state index in [0.29, 0.717) is 17.1 Å². The molecule has 0 saturated heterocycles. The fourth-order valence-corrected chi connectivity index (χ4v) is 3.00. The Bertz CT molecular complexity index is 788. The molecule has 7 heteroatoms. The molecule has 0 bridgehead atoms. The number of imidazole rings is 1. The lowest BCUT2D eigenvalue weighted by Gasteiger charge is -2.05. The first-order valence-corrected chi connectivity index (χ1v) is 8.01. The number of hydrogen-bond acceptors (Lipinski definition) is 4. The highest BCUT2D eigenvalue weighted by molar-refractivity contribution is 7.92. The molecule has 0 aliphatic heterocycles. The summed E-state index contributed by atoms with van der Waals surface area (Å²) < 4.78 is 28.8. The molecule has 0 unspecified atom stereocenters. The minimum absolute atomic E-state index is 0.0178. The van der Waals surface area contributed by atoms with Gasteiger partial charge in [0.05, 0.1) is 17.3 Å². The number of nitrogens with zero attached hydrogens (tertiary/aromatic N) is 3. The first kappa shape index (κ1) is 15.1. The summed E-state index contributed by atoms with van der Waals surface area (Å²) in [6.45, 7) is 4.50. The van der Waals surface area contributed by atoms with E-state index in [1.54, 1.807) is 29.7 Å². The lowest BCUT2D eigenvalue weighted by atomic mass is 10.2. The Kier molecular flexibility index (Phi) is 4.29. The number of aryl methyl sites for hydroxylation is 2. The van der Waals surface area contributed by atoms with Crippen LogP contribution >= 0.6 is 0 Å². The molecule has 0 atom stereocenters. The predicted octanol–water partition coefficient (Wildman–Crippen LogP) is 2.27. The lowest BCUT2D eigenvalue weighted by molar-refractivity contribution is 0.597. The van der Waals surface area contributed by atoms with Crippen LogP contribution in [0.3, 0.4) is 0 Å². The molecular weight excluding hydrogens is 288 g/mol. The Balaban J connectivity index is 2.30. The highest BCUT2D eigenvalue weighted by Crippen LogP contribution is 2.17. The van der Waals surface area contributed by atoms with Gasteiger partial charge >= 0.3 is 0 Å². The Hall–Kier alpha value is -2.33. The normalized spacial score (nSPS) is 11.1. The molecule has 1 N–H and O–H groups in total. The van der Waals surface area contributed by atoms with E-state index in [2.05, 4.69) is 9.71 Å². The highest BCUT2D eigenvalue weighted by Gasteiger charge is 2.19. The van der Waals surface area contributed by atoms with Crippen molar-refractivity contribution >= 4 is 15.7 Å². The molecule has 2 rings (SSSR count). The summed E-state index contributed by atoms with van der Waals surface area (Å²) in [5, 5.41) is 8.82. The van der Waals surface area contributed by atoms with Crippen molar-refractivity contribution in [3.63, 3.8) is 0 Å². The zero-order chi connectivity index (χ0) is 15.5. The van der Waals surface area contributed by atoms with E-state index in [1.165, 1.54) is 12.3 Å². The average molecular weight is 304 g/mol. The highest BCUT2D eigenvalue weighted by atomic mass is 32.2. The van der Waals surface area contributed by atoms with Gasteiger partial charge in [0.15, 0.2) is 5.03 Å². The fraction of sp³-hybridized carbons (Fsp3) is 0.286. The topological polar surface area (TPSA) is 87.8 Å². The van der Waals surface area contributed by atoms with Crippen LogP contribution < -0.4 is 4.72 Å². The summed E-state index contributed by atoms with van der Waals surface area (Å²) in [7, 11) is -3.75. The monoisotopic (exact) mass is 304 g/mol. The number of aromatic nitrogens is 2. The van der Waals surface area contributed by atoms with Crippen molar-refractivity contribution in [1.29, 1.82) is 5.26 Å². The molecule has 0 saturated carbocycles. The Morgan fingerprint density at radius 3 is 2.86 bits per heavy atom. The number of nitrogens with one attached hydrogen (secondary N) is 1. The summed E-state index contributed by atoms with van der Waals surface area (Å²) in [6, 6.07) is 8.27. The maximum Gasteiger partial charge on any atom is 0.280 e. The van der Waals surface area contributed by atoms with Gasteiger partial charge in [-0.15, -0.1) is 0 Å². The van der Waals surface area contributed by atoms with Crippen molar-refractivity contribution in [2.45, 2.75) is 31.8 Å². The van der Waals surface area contributed by atoms with Gasteiger partial charge in [-0.3, -0.25) is 4.72 Å². The van der Waals surface area contributed by atoms with Gasteiger partial charge in [0.1, 0.15) is 5.82 Å². The second-order valence-electron chi connectivity index (χ2n) is 4.62. The van der Waals surface area contributed by atoms with E-state index in [-0.39, 0.29) is 5.03 Å². The predicted molar refractivity (Wildman–Crippen MR) is 79.2 cm³/mol. The van der Waals surface area contributed by atoms with Gasteiger partial charge in [0, 0.05) is 12.7 Å². The maximum atomic E-state index is 12.3. The molecule has 0 fully saturated rings. The minimum atomic E-state index is -3.75. The molecule has 1 aromatic carbocycles. The third-order valence-electron chi connectivity index (χ3n) is 2.94. The van der Waals surface area contributed by atoms with Crippen LogP contribution in [0.2, 0.25) is 0 Å². The number of sulfonamides is 1. The van der Waals surface area contributed by atoms with Crippen molar-refractivity contribution in [2.24, 2.45) is 0 Å². The van der Waals surface area contributed by atoms with Crippen LogP contribution in [0.5, 0.6) is 0 Å². The van der Waals surface area contributed by atoms with Gasteiger partial charge in [0.25, 0.3) is 10.0 Å². The maximum absolute atomic E-state index is 12.3. The summed E-state index contributed by atoms with van der Waals surface area (Å²) in [6.07, 6.45) is 2.42. The largest absolute Gasteiger partial charge is 0.334 e. The molecule has 1 aromatic heterocycles. The van der Waals surface area contributed by atoms with Crippen molar-refractivity contribution in [3.05, 3.63) is 41.9 Å². The minimum Gasteiger partial charge on any atom is -0.334 e. The van der Waals surface area contributed by atoms with E-state index in [0.717, 1.165) is 13.0 Å². The fourth-order valence-electron chi connectivity index (χ4n) is 1.94. The van der Waals surface area contributed by atoms with Gasteiger partial charge in [-0.25, -0.2) is 4.98 Å². The molecule has 0 spiro atoms. The molecule has 110 valence electrons. The molecule has 0 aliphatic carbocycles. The Labute approximate surface area is 124 Å². The molecular formula is C14H16N4O2S. The van der Waals surface area contributed by atoms with Gasteiger partial charge in [0.2, 0.25) is 0 Å². The standard InChI is InChI=1S/C14H16N4O2S/c1-3-7-18-10-14(16-11(18)2)21(19,20)17-13-6-4-5-12(8-13)9-15/h4-6,8,10,17H,3,7H2,1-2H3.